The van der Waals surface area contributed by atoms with Crippen molar-refractivity contribution < 1.29 is 19.1 Å². The Balaban J connectivity index is 1.85. The largest absolute Gasteiger partial charge is 0.496 e. The van der Waals surface area contributed by atoms with Crippen LogP contribution in [0.5, 0.6) is 11.5 Å². The van der Waals surface area contributed by atoms with Crippen molar-refractivity contribution in [3.05, 3.63) is 59.7 Å². The zero-order chi connectivity index (χ0) is 20.2. The van der Waals surface area contributed by atoms with Gasteiger partial charge in [0.15, 0.2) is 0 Å². The van der Waals surface area contributed by atoms with E-state index in [-0.39, 0.29) is 6.54 Å². The molecule has 0 aromatic heterocycles. The number of hydrazone groups is 1. The Hall–Kier alpha value is -3.35. The molecule has 0 aliphatic heterocycles. The first kappa shape index (κ1) is 21.0. The molecule has 0 aliphatic carbocycles. The highest BCUT2D eigenvalue weighted by Gasteiger charge is 2.12. The van der Waals surface area contributed by atoms with Gasteiger partial charge in [0.25, 0.3) is 11.8 Å². The molecule has 0 saturated heterocycles. The van der Waals surface area contributed by atoms with Gasteiger partial charge in [0, 0.05) is 5.56 Å². The minimum absolute atomic E-state index is 0.205. The van der Waals surface area contributed by atoms with Gasteiger partial charge in [-0.15, -0.1) is 0 Å². The molecule has 2 amide bonds. The Morgan fingerprint density at radius 3 is 2.54 bits per heavy atom. The topological polar surface area (TPSA) is 89.0 Å². The van der Waals surface area contributed by atoms with Crippen molar-refractivity contribution in [2.45, 2.75) is 19.8 Å². The van der Waals surface area contributed by atoms with Crippen molar-refractivity contribution in [1.82, 2.24) is 10.7 Å². The van der Waals surface area contributed by atoms with Crippen molar-refractivity contribution in [1.29, 1.82) is 0 Å². The Kier molecular flexibility index (Phi) is 8.52. The fourth-order valence-corrected chi connectivity index (χ4v) is 2.35. The molecular weight excluding hydrogens is 358 g/mol. The number of hydrogen-bond acceptors (Lipinski definition) is 5. The van der Waals surface area contributed by atoms with Gasteiger partial charge in [-0.2, -0.15) is 5.10 Å². The number of benzene rings is 2. The highest BCUT2D eigenvalue weighted by molar-refractivity contribution is 5.98. The van der Waals surface area contributed by atoms with Crippen molar-refractivity contribution in [3.63, 3.8) is 0 Å². The van der Waals surface area contributed by atoms with Crippen molar-refractivity contribution in [2.24, 2.45) is 5.10 Å². The number of unbranched alkanes of at least 4 members (excludes halogenated alkanes) is 1. The van der Waals surface area contributed by atoms with Crippen molar-refractivity contribution in [3.8, 4) is 11.5 Å². The van der Waals surface area contributed by atoms with E-state index in [1.165, 1.54) is 13.3 Å². The molecule has 0 heterocycles. The number of carbonyl (C=O) groups is 2. The zero-order valence-electron chi connectivity index (χ0n) is 16.1. The molecule has 0 fully saturated rings. The second kappa shape index (κ2) is 11.4. The molecule has 7 nitrogen and oxygen atoms in total. The lowest BCUT2D eigenvalue weighted by Gasteiger charge is -2.09. The van der Waals surface area contributed by atoms with E-state index in [0.29, 0.717) is 23.7 Å². The maximum Gasteiger partial charge on any atom is 0.259 e. The van der Waals surface area contributed by atoms with Gasteiger partial charge in [0.05, 0.1) is 32.0 Å². The van der Waals surface area contributed by atoms with E-state index < -0.39 is 11.8 Å². The van der Waals surface area contributed by atoms with Crippen LogP contribution in [0.4, 0.5) is 0 Å². The average molecular weight is 383 g/mol. The van der Waals surface area contributed by atoms with Crippen LogP contribution in [-0.4, -0.2) is 38.3 Å². The molecule has 0 atom stereocenters. The first-order chi connectivity index (χ1) is 13.7. The van der Waals surface area contributed by atoms with Gasteiger partial charge < -0.3 is 14.8 Å². The number of hydrogen-bond donors (Lipinski definition) is 2. The second-order valence-electron chi connectivity index (χ2n) is 5.92. The number of methoxy groups -OCH3 is 1. The molecule has 28 heavy (non-hydrogen) atoms. The summed E-state index contributed by atoms with van der Waals surface area (Å²) in [6.45, 7) is 2.52. The third-order valence-electron chi connectivity index (χ3n) is 3.83. The molecule has 2 aromatic carbocycles. The first-order valence-corrected chi connectivity index (χ1v) is 9.10. The van der Waals surface area contributed by atoms with E-state index >= 15 is 0 Å². The van der Waals surface area contributed by atoms with E-state index in [4.69, 9.17) is 9.47 Å². The highest BCUT2D eigenvalue weighted by atomic mass is 16.5. The van der Waals surface area contributed by atoms with E-state index in [9.17, 15) is 9.59 Å². The molecule has 0 spiro atoms. The fourth-order valence-electron chi connectivity index (χ4n) is 2.35. The van der Waals surface area contributed by atoms with Crippen LogP contribution in [0.15, 0.2) is 53.6 Å². The van der Waals surface area contributed by atoms with Gasteiger partial charge in [-0.1, -0.05) is 37.6 Å². The standard InChI is InChI=1S/C21H25N3O4/c1-3-4-13-28-18-11-7-5-9-16(18)14-23-24-20(25)15-22-21(26)17-10-6-8-12-19(17)27-2/h5-12,14H,3-4,13,15H2,1-2H3,(H,22,26)(H,24,25). The third-order valence-corrected chi connectivity index (χ3v) is 3.83. The minimum atomic E-state index is -0.441. The van der Waals surface area contributed by atoms with E-state index in [1.54, 1.807) is 24.3 Å². The number of amides is 2. The predicted octanol–water partition coefficient (Wildman–Crippen LogP) is 2.75. The first-order valence-electron chi connectivity index (χ1n) is 9.10. The molecule has 148 valence electrons. The molecule has 0 radical (unpaired) electrons. The summed E-state index contributed by atoms with van der Waals surface area (Å²) in [6.07, 6.45) is 3.53. The molecule has 0 bridgehead atoms. The van der Waals surface area contributed by atoms with Crippen LogP contribution < -0.4 is 20.2 Å². The number of ether oxygens (including phenoxy) is 2. The monoisotopic (exact) mass is 383 g/mol. The molecule has 0 saturated carbocycles. The lowest BCUT2D eigenvalue weighted by Crippen LogP contribution is -2.35. The van der Waals surface area contributed by atoms with Crippen LogP contribution in [0.25, 0.3) is 0 Å². The van der Waals surface area contributed by atoms with Gasteiger partial charge in [-0.25, -0.2) is 5.43 Å². The molecular formula is C21H25N3O4. The number of nitrogens with one attached hydrogen (secondary N) is 2. The minimum Gasteiger partial charge on any atom is -0.496 e. The van der Waals surface area contributed by atoms with Gasteiger partial charge in [-0.3, -0.25) is 9.59 Å². The number of rotatable bonds is 10. The summed E-state index contributed by atoms with van der Waals surface area (Å²) in [5.74, 6) is 0.312. The molecule has 0 aliphatic rings. The zero-order valence-corrected chi connectivity index (χ0v) is 16.1. The summed E-state index contributed by atoms with van der Waals surface area (Å²) in [6, 6.07) is 14.2. The van der Waals surface area contributed by atoms with Crippen LogP contribution in [-0.2, 0) is 4.79 Å². The number of carbonyl (C=O) groups excluding carboxylic acids is 2. The van der Waals surface area contributed by atoms with Crippen molar-refractivity contribution in [2.75, 3.05) is 20.3 Å². The van der Waals surface area contributed by atoms with Gasteiger partial charge >= 0.3 is 0 Å². The summed E-state index contributed by atoms with van der Waals surface area (Å²) in [7, 11) is 1.48. The van der Waals surface area contributed by atoms with Gasteiger partial charge in [0.2, 0.25) is 0 Å². The predicted molar refractivity (Wildman–Crippen MR) is 108 cm³/mol. The Bertz CT molecular complexity index is 821. The molecule has 2 aromatic rings. The summed E-state index contributed by atoms with van der Waals surface area (Å²) in [4.78, 5) is 24.1. The average Bonchev–Trinajstić information content (AvgIpc) is 2.73. The Morgan fingerprint density at radius 2 is 1.79 bits per heavy atom. The summed E-state index contributed by atoms with van der Waals surface area (Å²) >= 11 is 0. The summed E-state index contributed by atoms with van der Waals surface area (Å²) < 4.78 is 10.8. The summed E-state index contributed by atoms with van der Waals surface area (Å²) in [5.41, 5.74) is 3.51. The van der Waals surface area contributed by atoms with E-state index in [0.717, 1.165) is 18.4 Å². The third kappa shape index (κ3) is 6.42. The molecule has 2 N–H and O–H groups in total. The maximum atomic E-state index is 12.2. The van der Waals surface area contributed by atoms with Crippen LogP contribution in [0.2, 0.25) is 0 Å². The smallest absolute Gasteiger partial charge is 0.259 e. The maximum absolute atomic E-state index is 12.2. The normalized spacial score (nSPS) is 10.5. The van der Waals surface area contributed by atoms with Crippen molar-refractivity contribution >= 4 is 18.0 Å². The molecule has 7 heteroatoms. The van der Waals surface area contributed by atoms with Crippen LogP contribution in [0, 0.1) is 0 Å². The van der Waals surface area contributed by atoms with Crippen LogP contribution in [0.1, 0.15) is 35.7 Å². The van der Waals surface area contributed by atoms with Gasteiger partial charge in [0.1, 0.15) is 11.5 Å². The van der Waals surface area contributed by atoms with E-state index in [1.807, 2.05) is 24.3 Å². The Labute approximate surface area is 164 Å². The van der Waals surface area contributed by atoms with Crippen LogP contribution >= 0.6 is 0 Å². The number of nitrogens with zero attached hydrogens (tertiary/aromatic N) is 1. The highest BCUT2D eigenvalue weighted by Crippen LogP contribution is 2.17. The van der Waals surface area contributed by atoms with Crippen LogP contribution in [0.3, 0.4) is 0 Å². The van der Waals surface area contributed by atoms with Gasteiger partial charge in [-0.05, 0) is 30.7 Å². The lowest BCUT2D eigenvalue weighted by atomic mass is 10.2. The quantitative estimate of drug-likeness (QED) is 0.375. The SMILES string of the molecule is CCCCOc1ccccc1C=NNC(=O)CNC(=O)c1ccccc1OC. The second-order valence-corrected chi connectivity index (χ2v) is 5.92. The van der Waals surface area contributed by atoms with E-state index in [2.05, 4.69) is 22.8 Å². The fraction of sp³-hybridized carbons (Fsp3) is 0.286. The molecule has 2 rings (SSSR count). The number of para-hydroxylation sites is 2. The Morgan fingerprint density at radius 1 is 1.07 bits per heavy atom. The molecule has 0 unspecified atom stereocenters. The summed E-state index contributed by atoms with van der Waals surface area (Å²) in [5, 5.41) is 6.47. The lowest BCUT2D eigenvalue weighted by molar-refractivity contribution is -0.120.